The minimum atomic E-state index is -0.379. The van der Waals surface area contributed by atoms with E-state index < -0.39 is 0 Å². The van der Waals surface area contributed by atoms with Crippen molar-refractivity contribution < 1.29 is 19.1 Å². The summed E-state index contributed by atoms with van der Waals surface area (Å²) in [5.41, 5.74) is 1.47. The molecule has 1 heterocycles. The molecule has 0 aliphatic rings. The second kappa shape index (κ2) is 12.9. The highest BCUT2D eigenvalue weighted by molar-refractivity contribution is 7.99. The van der Waals surface area contributed by atoms with E-state index in [4.69, 9.17) is 9.47 Å². The van der Waals surface area contributed by atoms with Crippen LogP contribution in [0.15, 0.2) is 58.5 Å². The van der Waals surface area contributed by atoms with Crippen molar-refractivity contribution in [3.8, 4) is 0 Å². The van der Waals surface area contributed by atoms with Crippen LogP contribution in [0, 0.1) is 0 Å². The van der Waals surface area contributed by atoms with Crippen LogP contribution in [0.3, 0.4) is 0 Å². The van der Waals surface area contributed by atoms with Crippen LogP contribution in [0.1, 0.15) is 36.5 Å². The van der Waals surface area contributed by atoms with Gasteiger partial charge in [-0.15, -0.1) is 0 Å². The van der Waals surface area contributed by atoms with Gasteiger partial charge in [0.15, 0.2) is 5.16 Å². The Hall–Kier alpha value is -3.17. The molecule has 34 heavy (non-hydrogen) atoms. The Kier molecular flexibility index (Phi) is 9.66. The van der Waals surface area contributed by atoms with Gasteiger partial charge in [0.25, 0.3) is 5.56 Å². The lowest BCUT2D eigenvalue weighted by atomic mass is 10.2. The van der Waals surface area contributed by atoms with E-state index in [0.29, 0.717) is 53.5 Å². The Morgan fingerprint density at radius 1 is 1.06 bits per heavy atom. The monoisotopic (exact) mass is 483 g/mol. The van der Waals surface area contributed by atoms with E-state index in [-0.39, 0.29) is 23.2 Å². The number of hydrogen-bond donors (Lipinski definition) is 1. The van der Waals surface area contributed by atoms with Crippen LogP contribution in [0.2, 0.25) is 0 Å². The summed E-state index contributed by atoms with van der Waals surface area (Å²) < 4.78 is 11.9. The molecule has 2 aromatic carbocycles. The zero-order valence-corrected chi connectivity index (χ0v) is 20.2. The van der Waals surface area contributed by atoms with E-state index in [9.17, 15) is 14.4 Å². The summed E-state index contributed by atoms with van der Waals surface area (Å²) >= 11 is 1.21. The number of carbonyl (C=O) groups excluding carboxylic acids is 2. The van der Waals surface area contributed by atoms with Gasteiger partial charge in [0.2, 0.25) is 5.91 Å². The van der Waals surface area contributed by atoms with Gasteiger partial charge in [-0.05, 0) is 49.2 Å². The zero-order chi connectivity index (χ0) is 24.3. The number of rotatable bonds is 12. The fraction of sp³-hybridized carbons (Fsp3) is 0.360. The Bertz CT molecular complexity index is 1180. The van der Waals surface area contributed by atoms with Crippen LogP contribution in [-0.4, -0.2) is 47.5 Å². The minimum absolute atomic E-state index is 0.0792. The molecule has 0 saturated carbocycles. The molecule has 3 aromatic rings. The molecule has 0 bridgehead atoms. The molecular weight excluding hydrogens is 454 g/mol. The number of benzene rings is 2. The molecule has 1 aromatic heterocycles. The largest absolute Gasteiger partial charge is 0.462 e. The number of para-hydroxylation sites is 1. The zero-order valence-electron chi connectivity index (χ0n) is 19.4. The molecule has 1 N–H and O–H groups in total. The van der Waals surface area contributed by atoms with E-state index >= 15 is 0 Å². The number of methoxy groups -OCH3 is 1. The predicted octanol–water partition coefficient (Wildman–Crippen LogP) is 4.12. The molecule has 0 spiro atoms. The average molecular weight is 484 g/mol. The number of amides is 1. The maximum atomic E-state index is 13.0. The number of hydrogen-bond acceptors (Lipinski definition) is 7. The summed E-state index contributed by atoms with van der Waals surface area (Å²) in [7, 11) is 1.61. The second-order valence-corrected chi connectivity index (χ2v) is 8.56. The van der Waals surface area contributed by atoms with Gasteiger partial charge in [0.05, 0.1) is 28.8 Å². The number of unbranched alkanes of at least 4 members (excludes halogenated alkanes) is 1. The third kappa shape index (κ3) is 6.91. The van der Waals surface area contributed by atoms with Crippen molar-refractivity contribution >= 4 is 40.2 Å². The summed E-state index contributed by atoms with van der Waals surface area (Å²) in [5.74, 6) is -0.541. The third-order valence-electron chi connectivity index (χ3n) is 5.02. The predicted molar refractivity (Wildman–Crippen MR) is 133 cm³/mol. The summed E-state index contributed by atoms with van der Waals surface area (Å²) in [5, 5.41) is 3.84. The molecule has 0 aliphatic heterocycles. The summed E-state index contributed by atoms with van der Waals surface area (Å²) in [4.78, 5) is 42.1. The highest BCUT2D eigenvalue weighted by Crippen LogP contribution is 2.19. The summed E-state index contributed by atoms with van der Waals surface area (Å²) in [6.07, 6.45) is 2.43. The van der Waals surface area contributed by atoms with Crippen molar-refractivity contribution in [3.05, 3.63) is 64.4 Å². The van der Waals surface area contributed by atoms with Gasteiger partial charge in [0, 0.05) is 25.9 Å². The molecule has 3 rings (SSSR count). The first-order valence-electron chi connectivity index (χ1n) is 11.2. The lowest BCUT2D eigenvalue weighted by Crippen LogP contribution is -2.25. The van der Waals surface area contributed by atoms with Gasteiger partial charge >= 0.3 is 5.97 Å². The van der Waals surface area contributed by atoms with Crippen molar-refractivity contribution in [2.45, 2.75) is 37.9 Å². The average Bonchev–Trinajstić information content (AvgIpc) is 2.85. The Balaban J connectivity index is 1.65. The Morgan fingerprint density at radius 2 is 1.82 bits per heavy atom. The van der Waals surface area contributed by atoms with Crippen molar-refractivity contribution in [2.24, 2.45) is 0 Å². The quantitative estimate of drug-likeness (QED) is 0.179. The molecule has 9 heteroatoms. The normalized spacial score (nSPS) is 10.9. The van der Waals surface area contributed by atoms with Crippen LogP contribution < -0.4 is 10.9 Å². The first-order chi connectivity index (χ1) is 16.5. The number of esters is 1. The van der Waals surface area contributed by atoms with Gasteiger partial charge in [-0.2, -0.15) is 0 Å². The van der Waals surface area contributed by atoms with Crippen molar-refractivity contribution in [3.63, 3.8) is 0 Å². The lowest BCUT2D eigenvalue weighted by molar-refractivity contribution is -0.113. The second-order valence-electron chi connectivity index (χ2n) is 7.62. The number of fused-ring (bicyclic) bond motifs is 1. The van der Waals surface area contributed by atoms with E-state index in [1.807, 2.05) is 13.0 Å². The molecule has 0 unspecified atom stereocenters. The SMILES string of the molecule is CCCCOC(=O)c1ccc(NC(=O)CSc2nc3ccccc3c(=O)n2CCCOC)cc1. The number of nitrogens with one attached hydrogen (secondary N) is 1. The fourth-order valence-corrected chi connectivity index (χ4v) is 4.06. The number of thioether (sulfide) groups is 1. The highest BCUT2D eigenvalue weighted by Gasteiger charge is 2.14. The van der Waals surface area contributed by atoms with E-state index in [0.717, 1.165) is 12.8 Å². The molecule has 180 valence electrons. The number of ether oxygens (including phenoxy) is 2. The van der Waals surface area contributed by atoms with E-state index in [1.165, 1.54) is 11.8 Å². The van der Waals surface area contributed by atoms with Crippen molar-refractivity contribution in [1.29, 1.82) is 0 Å². The van der Waals surface area contributed by atoms with Crippen molar-refractivity contribution in [2.75, 3.05) is 31.4 Å². The lowest BCUT2D eigenvalue weighted by Gasteiger charge is -2.13. The van der Waals surface area contributed by atoms with Crippen molar-refractivity contribution in [1.82, 2.24) is 9.55 Å². The minimum Gasteiger partial charge on any atom is -0.462 e. The highest BCUT2D eigenvalue weighted by atomic mass is 32.2. The molecule has 0 fully saturated rings. The van der Waals surface area contributed by atoms with Crippen LogP contribution in [0.5, 0.6) is 0 Å². The molecule has 1 amide bonds. The Morgan fingerprint density at radius 3 is 2.56 bits per heavy atom. The summed E-state index contributed by atoms with van der Waals surface area (Å²) in [6.45, 7) is 3.39. The van der Waals surface area contributed by atoms with Crippen LogP contribution >= 0.6 is 11.8 Å². The van der Waals surface area contributed by atoms with Gasteiger partial charge in [-0.1, -0.05) is 37.2 Å². The topological polar surface area (TPSA) is 99.5 Å². The molecular formula is C25H29N3O5S. The maximum absolute atomic E-state index is 13.0. The molecule has 0 aliphatic carbocycles. The molecule has 8 nitrogen and oxygen atoms in total. The van der Waals surface area contributed by atoms with Crippen LogP contribution in [-0.2, 0) is 20.8 Å². The van der Waals surface area contributed by atoms with Gasteiger partial charge in [-0.25, -0.2) is 9.78 Å². The maximum Gasteiger partial charge on any atom is 0.338 e. The standard InChI is InChI=1S/C25H29N3O5S/c1-3-4-16-33-24(31)18-10-12-19(13-11-18)26-22(29)17-34-25-27-21-9-6-5-8-20(21)23(30)28(25)14-7-15-32-2/h5-6,8-13H,3-4,7,14-17H2,1-2H3,(H,26,29). The van der Waals surface area contributed by atoms with E-state index in [2.05, 4.69) is 10.3 Å². The first-order valence-corrected chi connectivity index (χ1v) is 12.2. The number of aromatic nitrogens is 2. The smallest absolute Gasteiger partial charge is 0.338 e. The molecule has 0 radical (unpaired) electrons. The molecule has 0 saturated heterocycles. The molecule has 0 atom stereocenters. The van der Waals surface area contributed by atoms with E-state index in [1.54, 1.807) is 54.1 Å². The number of nitrogens with zero attached hydrogens (tertiary/aromatic N) is 2. The van der Waals surface area contributed by atoms with Gasteiger partial charge in [0.1, 0.15) is 0 Å². The van der Waals surface area contributed by atoms with Gasteiger partial charge in [-0.3, -0.25) is 14.2 Å². The summed E-state index contributed by atoms with van der Waals surface area (Å²) in [6, 6.07) is 13.7. The number of anilines is 1. The van der Waals surface area contributed by atoms with Crippen LogP contribution in [0.25, 0.3) is 10.9 Å². The fourth-order valence-electron chi connectivity index (χ4n) is 3.23. The van der Waals surface area contributed by atoms with Gasteiger partial charge < -0.3 is 14.8 Å². The Labute approximate surface area is 202 Å². The number of carbonyl (C=O) groups is 2. The van der Waals surface area contributed by atoms with Crippen LogP contribution in [0.4, 0.5) is 5.69 Å². The first kappa shape index (κ1) is 25.5. The third-order valence-corrected chi connectivity index (χ3v) is 6.00.